The van der Waals surface area contributed by atoms with Crippen LogP contribution in [0.1, 0.15) is 31.7 Å². The van der Waals surface area contributed by atoms with E-state index in [-0.39, 0.29) is 11.5 Å². The molecule has 0 atom stereocenters. The molecule has 0 spiro atoms. The number of rotatable bonds is 8. The third kappa shape index (κ3) is 4.07. The van der Waals surface area contributed by atoms with Crippen LogP contribution in [0.25, 0.3) is 10.9 Å². The fourth-order valence-electron chi connectivity index (χ4n) is 2.52. The smallest absolute Gasteiger partial charge is 0.245 e. The van der Waals surface area contributed by atoms with Gasteiger partial charge in [-0.05, 0) is 37.5 Å². The molecule has 1 aromatic heterocycles. The Morgan fingerprint density at radius 3 is 2.65 bits per heavy atom. The zero-order chi connectivity index (χ0) is 16.9. The summed E-state index contributed by atoms with van der Waals surface area (Å²) in [5.74, 6) is 0. The molecule has 0 fully saturated rings. The van der Waals surface area contributed by atoms with E-state index in [0.717, 1.165) is 23.8 Å². The Kier molecular flexibility index (Phi) is 6.10. The minimum Gasteiger partial charge on any atom is -0.396 e. The molecule has 0 amide bonds. The molecule has 0 aliphatic rings. The van der Waals surface area contributed by atoms with Crippen LogP contribution < -0.4 is 0 Å². The maximum atomic E-state index is 13.0. The monoisotopic (exact) mass is 336 g/mol. The van der Waals surface area contributed by atoms with Crippen molar-refractivity contribution >= 4 is 20.9 Å². The number of pyridine rings is 1. The minimum atomic E-state index is -3.63. The van der Waals surface area contributed by atoms with E-state index in [9.17, 15) is 8.42 Å². The van der Waals surface area contributed by atoms with Gasteiger partial charge >= 0.3 is 0 Å². The lowest BCUT2D eigenvalue weighted by molar-refractivity contribution is 0.268. The summed E-state index contributed by atoms with van der Waals surface area (Å²) in [6.45, 7) is 4.72. The number of hydrogen-bond donors (Lipinski definition) is 1. The summed E-state index contributed by atoms with van der Waals surface area (Å²) in [5, 5.41) is 9.87. The van der Waals surface area contributed by atoms with Gasteiger partial charge in [0.15, 0.2) is 0 Å². The topological polar surface area (TPSA) is 70.5 Å². The highest BCUT2D eigenvalue weighted by Crippen LogP contribution is 2.25. The summed E-state index contributed by atoms with van der Waals surface area (Å²) in [6.07, 6.45) is 3.83. The molecular weight excluding hydrogens is 312 g/mol. The standard InChI is InChI=1S/C17H24N2O3S/c1-3-4-9-19(10-6-11-20)23(21,22)16-8-5-7-15-12-14(2)13-18-17(15)16/h5,7-8,12-13,20H,3-4,6,9-11H2,1-2H3. The van der Waals surface area contributed by atoms with Gasteiger partial charge in [-0.25, -0.2) is 8.42 Å². The number of nitrogens with zero attached hydrogens (tertiary/aromatic N) is 2. The van der Waals surface area contributed by atoms with E-state index in [0.29, 0.717) is 25.0 Å². The van der Waals surface area contributed by atoms with Gasteiger partial charge in [-0.2, -0.15) is 4.31 Å². The van der Waals surface area contributed by atoms with Crippen LogP contribution in [0.5, 0.6) is 0 Å². The van der Waals surface area contributed by atoms with Gasteiger partial charge in [-0.15, -0.1) is 0 Å². The fraction of sp³-hybridized carbons (Fsp3) is 0.471. The zero-order valence-electron chi connectivity index (χ0n) is 13.7. The zero-order valence-corrected chi connectivity index (χ0v) is 14.5. The second-order valence-electron chi connectivity index (χ2n) is 5.68. The van der Waals surface area contributed by atoms with Crippen molar-refractivity contribution in [3.63, 3.8) is 0 Å². The number of aryl methyl sites for hydroxylation is 1. The number of fused-ring (bicyclic) bond motifs is 1. The first-order chi connectivity index (χ1) is 11.0. The normalized spacial score (nSPS) is 12.2. The maximum absolute atomic E-state index is 13.0. The van der Waals surface area contributed by atoms with Crippen LogP contribution >= 0.6 is 0 Å². The molecule has 2 aromatic rings. The molecule has 126 valence electrons. The molecule has 5 nitrogen and oxygen atoms in total. The first kappa shape index (κ1) is 17.8. The Hall–Kier alpha value is -1.50. The largest absolute Gasteiger partial charge is 0.396 e. The Labute approximate surface area is 138 Å². The highest BCUT2D eigenvalue weighted by atomic mass is 32.2. The molecule has 23 heavy (non-hydrogen) atoms. The lowest BCUT2D eigenvalue weighted by atomic mass is 10.2. The third-order valence-electron chi connectivity index (χ3n) is 3.76. The molecule has 2 rings (SSSR count). The molecule has 0 saturated carbocycles. The maximum Gasteiger partial charge on any atom is 0.245 e. The molecule has 0 aliphatic carbocycles. The van der Waals surface area contributed by atoms with Crippen molar-refractivity contribution < 1.29 is 13.5 Å². The average Bonchev–Trinajstić information content (AvgIpc) is 2.53. The van der Waals surface area contributed by atoms with Crippen molar-refractivity contribution in [2.75, 3.05) is 19.7 Å². The van der Waals surface area contributed by atoms with Crippen LogP contribution in [0, 0.1) is 6.92 Å². The summed E-state index contributed by atoms with van der Waals surface area (Å²) in [5.41, 5.74) is 1.50. The van der Waals surface area contributed by atoms with E-state index >= 15 is 0 Å². The Balaban J connectivity index is 2.47. The van der Waals surface area contributed by atoms with Gasteiger partial charge < -0.3 is 5.11 Å². The number of aliphatic hydroxyl groups is 1. The van der Waals surface area contributed by atoms with Crippen molar-refractivity contribution in [1.82, 2.24) is 9.29 Å². The Morgan fingerprint density at radius 1 is 1.22 bits per heavy atom. The lowest BCUT2D eigenvalue weighted by Gasteiger charge is -2.22. The molecular formula is C17H24N2O3S. The van der Waals surface area contributed by atoms with E-state index in [1.165, 1.54) is 4.31 Å². The van der Waals surface area contributed by atoms with Gasteiger partial charge in [0.05, 0.1) is 5.52 Å². The van der Waals surface area contributed by atoms with Crippen LogP contribution in [0.15, 0.2) is 35.4 Å². The van der Waals surface area contributed by atoms with Crippen LogP contribution in [0.3, 0.4) is 0 Å². The number of unbranched alkanes of at least 4 members (excludes halogenated alkanes) is 1. The molecule has 0 saturated heterocycles. The Bertz CT molecular complexity index is 752. The predicted octanol–water partition coefficient (Wildman–Crippen LogP) is 2.72. The van der Waals surface area contributed by atoms with Crippen LogP contribution in [0.4, 0.5) is 0 Å². The number of aromatic nitrogens is 1. The second kappa shape index (κ2) is 7.86. The number of hydrogen-bond acceptors (Lipinski definition) is 4. The average molecular weight is 336 g/mol. The fourth-order valence-corrected chi connectivity index (χ4v) is 4.21. The number of para-hydroxylation sites is 1. The predicted molar refractivity (Wildman–Crippen MR) is 91.8 cm³/mol. The van der Waals surface area contributed by atoms with Crippen molar-refractivity contribution in [2.24, 2.45) is 0 Å². The van der Waals surface area contributed by atoms with E-state index in [1.807, 2.05) is 26.0 Å². The molecule has 0 radical (unpaired) electrons. The molecule has 0 aliphatic heterocycles. The summed E-state index contributed by atoms with van der Waals surface area (Å²) in [6, 6.07) is 7.17. The number of benzene rings is 1. The molecule has 0 bridgehead atoms. The molecule has 6 heteroatoms. The van der Waals surface area contributed by atoms with E-state index in [1.54, 1.807) is 18.3 Å². The van der Waals surface area contributed by atoms with Gasteiger partial charge in [0.1, 0.15) is 4.90 Å². The first-order valence-electron chi connectivity index (χ1n) is 7.97. The summed E-state index contributed by atoms with van der Waals surface area (Å²) in [4.78, 5) is 4.57. The summed E-state index contributed by atoms with van der Waals surface area (Å²) >= 11 is 0. The molecule has 1 heterocycles. The second-order valence-corrected chi connectivity index (χ2v) is 7.58. The van der Waals surface area contributed by atoms with Gasteiger partial charge in [-0.3, -0.25) is 4.98 Å². The van der Waals surface area contributed by atoms with Crippen molar-refractivity contribution in [1.29, 1.82) is 0 Å². The van der Waals surface area contributed by atoms with Gasteiger partial charge in [0, 0.05) is 31.3 Å². The van der Waals surface area contributed by atoms with Crippen LogP contribution in [0.2, 0.25) is 0 Å². The Morgan fingerprint density at radius 2 is 1.96 bits per heavy atom. The van der Waals surface area contributed by atoms with Crippen molar-refractivity contribution in [2.45, 2.75) is 38.0 Å². The lowest BCUT2D eigenvalue weighted by Crippen LogP contribution is -2.33. The molecule has 1 N–H and O–H groups in total. The molecule has 1 aromatic carbocycles. The quantitative estimate of drug-likeness (QED) is 0.804. The van der Waals surface area contributed by atoms with Gasteiger partial charge in [0.2, 0.25) is 10.0 Å². The van der Waals surface area contributed by atoms with Crippen LogP contribution in [-0.4, -0.2) is 42.5 Å². The SMILES string of the molecule is CCCCN(CCCO)S(=O)(=O)c1cccc2cc(C)cnc12. The highest BCUT2D eigenvalue weighted by Gasteiger charge is 2.26. The number of sulfonamides is 1. The molecule has 0 unspecified atom stereocenters. The van der Waals surface area contributed by atoms with E-state index in [2.05, 4.69) is 4.98 Å². The van der Waals surface area contributed by atoms with Gasteiger partial charge in [-0.1, -0.05) is 25.5 Å². The van der Waals surface area contributed by atoms with Crippen molar-refractivity contribution in [3.8, 4) is 0 Å². The van der Waals surface area contributed by atoms with E-state index in [4.69, 9.17) is 5.11 Å². The van der Waals surface area contributed by atoms with E-state index < -0.39 is 10.0 Å². The highest BCUT2D eigenvalue weighted by molar-refractivity contribution is 7.89. The summed E-state index contributed by atoms with van der Waals surface area (Å²) in [7, 11) is -3.63. The first-order valence-corrected chi connectivity index (χ1v) is 9.41. The van der Waals surface area contributed by atoms with Crippen LogP contribution in [-0.2, 0) is 10.0 Å². The minimum absolute atomic E-state index is 0.0227. The third-order valence-corrected chi connectivity index (χ3v) is 5.69. The van der Waals surface area contributed by atoms with Gasteiger partial charge in [0.25, 0.3) is 0 Å². The summed E-state index contributed by atoms with van der Waals surface area (Å²) < 4.78 is 27.6. The van der Waals surface area contributed by atoms with Crippen molar-refractivity contribution in [3.05, 3.63) is 36.0 Å². The number of aliphatic hydroxyl groups excluding tert-OH is 1.